The normalized spacial score (nSPS) is 15.3. The molecule has 1 heterocycles. The monoisotopic (exact) mass is 304 g/mol. The summed E-state index contributed by atoms with van der Waals surface area (Å²) in [6.07, 6.45) is 3.89. The molecule has 5 N–H and O–H groups in total. The number of hydrogen-bond donors (Lipinski definition) is 4. The fraction of sp³-hybridized carbons (Fsp3) is 0.500. The average molecular weight is 304 g/mol. The van der Waals surface area contributed by atoms with Crippen molar-refractivity contribution in [3.63, 3.8) is 0 Å². The molecule has 0 bridgehead atoms. The number of urea groups is 1. The second-order valence-electron chi connectivity index (χ2n) is 5.69. The third-order valence-electron chi connectivity index (χ3n) is 3.95. The number of nitrogens with two attached hydrogens (primary N) is 1. The van der Waals surface area contributed by atoms with Gasteiger partial charge in [0, 0.05) is 18.7 Å². The summed E-state index contributed by atoms with van der Waals surface area (Å²) in [6.45, 7) is 2.64. The van der Waals surface area contributed by atoms with Crippen LogP contribution in [-0.4, -0.2) is 25.0 Å². The maximum Gasteiger partial charge on any atom is 0.316 e. The van der Waals surface area contributed by atoms with Gasteiger partial charge in [0.1, 0.15) is 0 Å². The lowest BCUT2D eigenvalue weighted by molar-refractivity contribution is -0.121. The summed E-state index contributed by atoms with van der Waals surface area (Å²) in [7, 11) is 0. The van der Waals surface area contributed by atoms with E-state index in [4.69, 9.17) is 5.73 Å². The Morgan fingerprint density at radius 1 is 1.18 bits per heavy atom. The van der Waals surface area contributed by atoms with Crippen LogP contribution in [0.2, 0.25) is 0 Å². The quantitative estimate of drug-likeness (QED) is 0.642. The number of rotatable bonds is 6. The molecular formula is C16H24N4O2. The third kappa shape index (κ3) is 5.73. The van der Waals surface area contributed by atoms with Gasteiger partial charge in [0.2, 0.25) is 5.91 Å². The number of anilines is 1. The van der Waals surface area contributed by atoms with Gasteiger partial charge >= 0.3 is 6.03 Å². The van der Waals surface area contributed by atoms with E-state index in [-0.39, 0.29) is 5.91 Å². The van der Waals surface area contributed by atoms with Crippen LogP contribution >= 0.6 is 0 Å². The van der Waals surface area contributed by atoms with E-state index in [1.807, 2.05) is 12.1 Å². The smallest absolute Gasteiger partial charge is 0.316 e. The van der Waals surface area contributed by atoms with Gasteiger partial charge in [0.25, 0.3) is 0 Å². The molecule has 6 nitrogen and oxygen atoms in total. The van der Waals surface area contributed by atoms with Gasteiger partial charge in [0.05, 0.1) is 0 Å². The molecule has 0 radical (unpaired) electrons. The van der Waals surface area contributed by atoms with Gasteiger partial charge < -0.3 is 21.7 Å². The Kier molecular flexibility index (Phi) is 6.21. The fourth-order valence-electron chi connectivity index (χ4n) is 2.64. The average Bonchev–Trinajstić information content (AvgIpc) is 2.53. The number of primary amides is 1. The minimum atomic E-state index is -0.584. The molecule has 1 aliphatic rings. The minimum absolute atomic E-state index is 0.0953. The van der Waals surface area contributed by atoms with Crippen LogP contribution in [0.4, 0.5) is 10.5 Å². The number of benzene rings is 1. The highest BCUT2D eigenvalue weighted by molar-refractivity contribution is 5.87. The summed E-state index contributed by atoms with van der Waals surface area (Å²) < 4.78 is 0. The number of hydrogen-bond acceptors (Lipinski definition) is 3. The van der Waals surface area contributed by atoms with Crippen LogP contribution in [0.3, 0.4) is 0 Å². The Hall–Kier alpha value is -2.08. The Morgan fingerprint density at radius 2 is 1.86 bits per heavy atom. The highest BCUT2D eigenvalue weighted by Gasteiger charge is 2.14. The van der Waals surface area contributed by atoms with Gasteiger partial charge in [-0.3, -0.25) is 4.79 Å². The summed E-state index contributed by atoms with van der Waals surface area (Å²) in [5.74, 6) is 0.768. The topological polar surface area (TPSA) is 96.2 Å². The van der Waals surface area contributed by atoms with E-state index < -0.39 is 6.03 Å². The first-order valence-corrected chi connectivity index (χ1v) is 7.76. The van der Waals surface area contributed by atoms with E-state index in [2.05, 4.69) is 16.0 Å². The molecule has 6 heteroatoms. The van der Waals surface area contributed by atoms with Crippen LogP contribution in [0.1, 0.15) is 31.2 Å². The second-order valence-corrected chi connectivity index (χ2v) is 5.69. The van der Waals surface area contributed by atoms with Gasteiger partial charge in [0.15, 0.2) is 0 Å². The van der Waals surface area contributed by atoms with Gasteiger partial charge in [-0.05, 0) is 56.0 Å². The maximum absolute atomic E-state index is 11.9. The number of carbonyl (C=O) groups excluding carboxylic acids is 2. The molecule has 2 rings (SSSR count). The summed E-state index contributed by atoms with van der Waals surface area (Å²) in [5.41, 5.74) is 6.68. The van der Waals surface area contributed by atoms with Gasteiger partial charge in [-0.1, -0.05) is 12.1 Å². The van der Waals surface area contributed by atoms with E-state index in [0.29, 0.717) is 24.6 Å². The maximum atomic E-state index is 11.9. The first kappa shape index (κ1) is 16.3. The van der Waals surface area contributed by atoms with Crippen molar-refractivity contribution in [3.8, 4) is 0 Å². The van der Waals surface area contributed by atoms with Crippen LogP contribution in [-0.2, 0) is 11.3 Å². The molecule has 1 saturated heterocycles. The Morgan fingerprint density at radius 3 is 2.50 bits per heavy atom. The number of piperidine rings is 1. The summed E-state index contributed by atoms with van der Waals surface area (Å²) in [4.78, 5) is 22.6. The van der Waals surface area contributed by atoms with Crippen LogP contribution in [0.5, 0.6) is 0 Å². The SMILES string of the molecule is NC(=O)Nc1ccc(CNC(=O)CCC2CCNCC2)cc1. The zero-order chi connectivity index (χ0) is 15.8. The third-order valence-corrected chi connectivity index (χ3v) is 3.95. The van der Waals surface area contributed by atoms with Crippen LogP contribution in [0.15, 0.2) is 24.3 Å². The van der Waals surface area contributed by atoms with Crippen molar-refractivity contribution in [2.45, 2.75) is 32.2 Å². The molecule has 22 heavy (non-hydrogen) atoms. The highest BCUT2D eigenvalue weighted by atomic mass is 16.2. The zero-order valence-corrected chi connectivity index (χ0v) is 12.7. The molecule has 0 unspecified atom stereocenters. The largest absolute Gasteiger partial charge is 0.352 e. The van der Waals surface area contributed by atoms with E-state index in [0.717, 1.165) is 25.1 Å². The van der Waals surface area contributed by atoms with Gasteiger partial charge in [-0.2, -0.15) is 0 Å². The van der Waals surface area contributed by atoms with Crippen molar-refractivity contribution in [1.29, 1.82) is 0 Å². The van der Waals surface area contributed by atoms with Crippen molar-refractivity contribution in [2.24, 2.45) is 11.7 Å². The lowest BCUT2D eigenvalue weighted by atomic mass is 9.93. The standard InChI is InChI=1S/C16H24N4O2/c17-16(22)20-14-4-1-13(2-5-14)11-19-15(21)6-3-12-7-9-18-10-8-12/h1-2,4-5,12,18H,3,6-11H2,(H,19,21)(H3,17,20,22). The molecule has 0 aromatic heterocycles. The van der Waals surface area contributed by atoms with Crippen LogP contribution in [0.25, 0.3) is 0 Å². The molecule has 1 aliphatic heterocycles. The summed E-state index contributed by atoms with van der Waals surface area (Å²) >= 11 is 0. The number of nitrogens with one attached hydrogen (secondary N) is 3. The van der Waals surface area contributed by atoms with E-state index in [1.165, 1.54) is 12.8 Å². The van der Waals surface area contributed by atoms with E-state index >= 15 is 0 Å². The molecular weight excluding hydrogens is 280 g/mol. The molecule has 120 valence electrons. The Labute approximate surface area is 130 Å². The van der Waals surface area contributed by atoms with Crippen molar-refractivity contribution >= 4 is 17.6 Å². The van der Waals surface area contributed by atoms with Gasteiger partial charge in [-0.15, -0.1) is 0 Å². The lowest BCUT2D eigenvalue weighted by Crippen LogP contribution is -2.29. The first-order chi connectivity index (χ1) is 10.6. The predicted octanol–water partition coefficient (Wildman–Crippen LogP) is 1.57. The van der Waals surface area contributed by atoms with Crippen molar-refractivity contribution < 1.29 is 9.59 Å². The molecule has 1 fully saturated rings. The van der Waals surface area contributed by atoms with Crippen LogP contribution < -0.4 is 21.7 Å². The predicted molar refractivity (Wildman–Crippen MR) is 86.3 cm³/mol. The van der Waals surface area contributed by atoms with E-state index in [9.17, 15) is 9.59 Å². The number of carbonyl (C=O) groups is 2. The Bertz CT molecular complexity index is 495. The summed E-state index contributed by atoms with van der Waals surface area (Å²) in [5, 5.41) is 8.76. The fourth-order valence-corrected chi connectivity index (χ4v) is 2.64. The minimum Gasteiger partial charge on any atom is -0.352 e. The Balaban J connectivity index is 1.68. The first-order valence-electron chi connectivity index (χ1n) is 7.76. The summed E-state index contributed by atoms with van der Waals surface area (Å²) in [6, 6.07) is 6.66. The molecule has 3 amide bonds. The van der Waals surface area contributed by atoms with Crippen molar-refractivity contribution in [1.82, 2.24) is 10.6 Å². The van der Waals surface area contributed by atoms with Crippen LogP contribution in [0, 0.1) is 5.92 Å². The molecule has 0 atom stereocenters. The molecule has 1 aromatic carbocycles. The van der Waals surface area contributed by atoms with Crippen molar-refractivity contribution in [2.75, 3.05) is 18.4 Å². The second kappa shape index (κ2) is 8.38. The molecule has 0 aliphatic carbocycles. The van der Waals surface area contributed by atoms with Gasteiger partial charge in [-0.25, -0.2) is 4.79 Å². The molecule has 0 saturated carbocycles. The molecule has 1 aromatic rings. The lowest BCUT2D eigenvalue weighted by Gasteiger charge is -2.22. The molecule has 0 spiro atoms. The highest BCUT2D eigenvalue weighted by Crippen LogP contribution is 2.17. The zero-order valence-electron chi connectivity index (χ0n) is 12.7. The van der Waals surface area contributed by atoms with Crippen molar-refractivity contribution in [3.05, 3.63) is 29.8 Å². The van der Waals surface area contributed by atoms with E-state index in [1.54, 1.807) is 12.1 Å². The number of amides is 3.